The molecule has 1 aromatic rings. The molecule has 1 aromatic carbocycles. The molecule has 1 unspecified atom stereocenters. The molecule has 1 aliphatic rings. The first-order valence-corrected chi connectivity index (χ1v) is 14.7. The van der Waals surface area contributed by atoms with Gasteiger partial charge in [0, 0.05) is 6.42 Å². The number of ether oxygens (including phenoxy) is 8. The van der Waals surface area contributed by atoms with E-state index in [1.54, 1.807) is 0 Å². The average molecular weight is 555 g/mol. The maximum absolute atomic E-state index is 12.2. The van der Waals surface area contributed by atoms with Crippen LogP contribution >= 0.6 is 0 Å². The molecule has 0 N–H and O–H groups in total. The fraction of sp³-hybridized carbons (Fsp3) is 0.767. The van der Waals surface area contributed by atoms with E-state index in [1.807, 2.05) is 30.3 Å². The molecule has 0 amide bonds. The summed E-state index contributed by atoms with van der Waals surface area (Å²) in [5.74, 6) is 0.755. The Labute approximate surface area is 234 Å². The molecule has 0 spiro atoms. The van der Waals surface area contributed by atoms with Crippen molar-refractivity contribution in [2.75, 3.05) is 85.9 Å². The van der Waals surface area contributed by atoms with Crippen LogP contribution in [0.15, 0.2) is 30.3 Å². The second-order valence-electron chi connectivity index (χ2n) is 9.44. The Hall–Kier alpha value is -1.75. The van der Waals surface area contributed by atoms with Gasteiger partial charge in [0.2, 0.25) is 0 Å². The van der Waals surface area contributed by atoms with Crippen molar-refractivity contribution in [1.82, 2.24) is 0 Å². The largest absolute Gasteiger partial charge is 0.494 e. The molecule has 1 aliphatic heterocycles. The zero-order valence-corrected chi connectivity index (χ0v) is 23.7. The molecule has 1 heterocycles. The minimum absolute atomic E-state index is 0.171. The average Bonchev–Trinajstić information content (AvgIpc) is 2.95. The van der Waals surface area contributed by atoms with Crippen LogP contribution in [-0.4, -0.2) is 98.0 Å². The van der Waals surface area contributed by atoms with Crippen molar-refractivity contribution in [2.45, 2.75) is 63.9 Å². The number of para-hydroxylation sites is 1. The summed E-state index contributed by atoms with van der Waals surface area (Å²) in [6.45, 7) is 6.12. The van der Waals surface area contributed by atoms with Gasteiger partial charge in [0.05, 0.1) is 79.3 Å². The van der Waals surface area contributed by atoms with E-state index < -0.39 is 0 Å². The Balaban J connectivity index is 1.45. The summed E-state index contributed by atoms with van der Waals surface area (Å²) >= 11 is 0. The second kappa shape index (κ2) is 25.2. The van der Waals surface area contributed by atoms with Crippen LogP contribution in [0.3, 0.4) is 0 Å². The van der Waals surface area contributed by atoms with Crippen molar-refractivity contribution in [3.05, 3.63) is 30.3 Å². The molecule has 1 saturated heterocycles. The predicted octanol–water partition coefficient (Wildman–Crippen LogP) is 4.60. The van der Waals surface area contributed by atoms with Gasteiger partial charge in [-0.1, -0.05) is 56.7 Å². The summed E-state index contributed by atoms with van der Waals surface area (Å²) in [4.78, 5) is 12.2. The molecule has 0 bridgehead atoms. The molecule has 224 valence electrons. The third-order valence-electron chi connectivity index (χ3n) is 6.09. The van der Waals surface area contributed by atoms with E-state index in [4.69, 9.17) is 37.9 Å². The number of carbonyl (C=O) groups is 1. The summed E-state index contributed by atoms with van der Waals surface area (Å²) < 4.78 is 44.6. The lowest BCUT2D eigenvalue weighted by molar-refractivity contribution is -0.151. The third-order valence-corrected chi connectivity index (χ3v) is 6.09. The van der Waals surface area contributed by atoms with Crippen LogP contribution in [0, 0.1) is 0 Å². The SMILES string of the molecule is O=C(CCCCCCCCCCOc1ccccc1)OCC1COCCOCCOCCOCCOCCO1. The fourth-order valence-corrected chi connectivity index (χ4v) is 3.91. The smallest absolute Gasteiger partial charge is 0.305 e. The van der Waals surface area contributed by atoms with Gasteiger partial charge in [0.15, 0.2) is 0 Å². The van der Waals surface area contributed by atoms with Crippen LogP contribution in [0.2, 0.25) is 0 Å². The van der Waals surface area contributed by atoms with Gasteiger partial charge in [-0.3, -0.25) is 4.79 Å². The highest BCUT2D eigenvalue weighted by Gasteiger charge is 2.13. The van der Waals surface area contributed by atoms with Gasteiger partial charge in [0.25, 0.3) is 0 Å². The highest BCUT2D eigenvalue weighted by Crippen LogP contribution is 2.12. The molecule has 2 rings (SSSR count). The highest BCUT2D eigenvalue weighted by molar-refractivity contribution is 5.69. The molecular weight excluding hydrogens is 504 g/mol. The van der Waals surface area contributed by atoms with Crippen LogP contribution in [-0.2, 0) is 38.0 Å². The number of hydrogen-bond donors (Lipinski definition) is 0. The molecule has 0 aromatic heterocycles. The number of unbranched alkanes of at least 4 members (excludes halogenated alkanes) is 7. The van der Waals surface area contributed by atoms with E-state index in [2.05, 4.69) is 0 Å². The van der Waals surface area contributed by atoms with Gasteiger partial charge in [-0.25, -0.2) is 0 Å². The lowest BCUT2D eigenvalue weighted by Gasteiger charge is -2.18. The first kappa shape index (κ1) is 33.5. The zero-order chi connectivity index (χ0) is 27.5. The first-order chi connectivity index (χ1) is 19.3. The van der Waals surface area contributed by atoms with Crippen LogP contribution in [0.1, 0.15) is 57.8 Å². The monoisotopic (exact) mass is 554 g/mol. The number of carbonyl (C=O) groups excluding carboxylic acids is 1. The van der Waals surface area contributed by atoms with Gasteiger partial charge in [0.1, 0.15) is 18.5 Å². The molecule has 9 heteroatoms. The number of benzene rings is 1. The lowest BCUT2D eigenvalue weighted by Crippen LogP contribution is -2.29. The number of rotatable bonds is 14. The van der Waals surface area contributed by atoms with Crippen molar-refractivity contribution < 1.29 is 42.7 Å². The Morgan fingerprint density at radius 2 is 1.15 bits per heavy atom. The normalized spacial score (nSPS) is 19.0. The van der Waals surface area contributed by atoms with Gasteiger partial charge in [-0.15, -0.1) is 0 Å². The molecule has 0 saturated carbocycles. The van der Waals surface area contributed by atoms with E-state index >= 15 is 0 Å². The Bertz CT molecular complexity index is 656. The van der Waals surface area contributed by atoms with Crippen LogP contribution in [0.5, 0.6) is 5.75 Å². The summed E-state index contributed by atoms with van der Waals surface area (Å²) in [6.07, 6.45) is 9.06. The van der Waals surface area contributed by atoms with Crippen molar-refractivity contribution in [2.24, 2.45) is 0 Å². The molecule has 1 atom stereocenters. The van der Waals surface area contributed by atoms with Gasteiger partial charge >= 0.3 is 5.97 Å². The van der Waals surface area contributed by atoms with Gasteiger partial charge in [-0.05, 0) is 25.0 Å². The summed E-state index contributed by atoms with van der Waals surface area (Å²) in [5, 5.41) is 0. The fourth-order valence-electron chi connectivity index (χ4n) is 3.91. The van der Waals surface area contributed by atoms with E-state index in [-0.39, 0.29) is 18.7 Å². The first-order valence-electron chi connectivity index (χ1n) is 14.7. The van der Waals surface area contributed by atoms with E-state index in [9.17, 15) is 4.79 Å². The van der Waals surface area contributed by atoms with Crippen molar-refractivity contribution >= 4 is 5.97 Å². The highest BCUT2D eigenvalue weighted by atomic mass is 16.6. The maximum atomic E-state index is 12.2. The van der Waals surface area contributed by atoms with Crippen LogP contribution < -0.4 is 4.74 Å². The molecular formula is C30H50O9. The molecule has 0 radical (unpaired) electrons. The summed E-state index contributed by atoms with van der Waals surface area (Å²) in [7, 11) is 0. The Kier molecular flexibility index (Phi) is 21.6. The van der Waals surface area contributed by atoms with Gasteiger partial charge < -0.3 is 37.9 Å². The minimum atomic E-state index is -0.339. The predicted molar refractivity (Wildman–Crippen MR) is 148 cm³/mol. The van der Waals surface area contributed by atoms with E-state index in [0.717, 1.165) is 38.0 Å². The van der Waals surface area contributed by atoms with E-state index in [0.29, 0.717) is 79.1 Å². The third kappa shape index (κ3) is 20.8. The van der Waals surface area contributed by atoms with E-state index in [1.165, 1.54) is 25.7 Å². The van der Waals surface area contributed by atoms with Gasteiger partial charge in [-0.2, -0.15) is 0 Å². The van der Waals surface area contributed by atoms with Crippen molar-refractivity contribution in [3.63, 3.8) is 0 Å². The Morgan fingerprint density at radius 3 is 1.77 bits per heavy atom. The standard InChI is InChI=1S/C30H50O9/c31-30(14-10-5-3-1-2-4-6-11-15-37-28-12-8-7-9-13-28)39-27-29-26-36-23-22-34-19-18-32-16-17-33-20-21-35-24-25-38-29/h7-9,12-13,29H,1-6,10-11,14-27H2. The quantitative estimate of drug-likeness (QED) is 0.242. The molecule has 39 heavy (non-hydrogen) atoms. The number of hydrogen-bond acceptors (Lipinski definition) is 9. The van der Waals surface area contributed by atoms with Crippen LogP contribution in [0.25, 0.3) is 0 Å². The second-order valence-corrected chi connectivity index (χ2v) is 9.44. The molecule has 0 aliphatic carbocycles. The minimum Gasteiger partial charge on any atom is -0.494 e. The maximum Gasteiger partial charge on any atom is 0.305 e. The number of esters is 1. The van der Waals surface area contributed by atoms with Crippen LogP contribution in [0.4, 0.5) is 0 Å². The lowest BCUT2D eigenvalue weighted by atomic mass is 10.1. The summed E-state index contributed by atoms with van der Waals surface area (Å²) in [6, 6.07) is 9.96. The zero-order valence-electron chi connectivity index (χ0n) is 23.7. The molecule has 9 nitrogen and oxygen atoms in total. The summed E-state index contributed by atoms with van der Waals surface area (Å²) in [5.41, 5.74) is 0. The molecule has 1 fully saturated rings. The Morgan fingerprint density at radius 1 is 0.641 bits per heavy atom. The van der Waals surface area contributed by atoms with Crippen molar-refractivity contribution in [1.29, 1.82) is 0 Å². The topological polar surface area (TPSA) is 90.9 Å². The van der Waals surface area contributed by atoms with Crippen molar-refractivity contribution in [3.8, 4) is 5.75 Å².